The average molecular weight is 600 g/mol. The molecule has 0 amide bonds. The monoisotopic (exact) mass is 599 g/mol. The van der Waals surface area contributed by atoms with Crippen LogP contribution in [0.1, 0.15) is 0 Å². The van der Waals surface area contributed by atoms with Gasteiger partial charge in [0, 0.05) is 17.1 Å². The van der Waals surface area contributed by atoms with E-state index in [1.165, 1.54) is 55.3 Å². The van der Waals surface area contributed by atoms with E-state index in [9.17, 15) is 0 Å². The zero-order chi connectivity index (χ0) is 31.4. The molecule has 0 unspecified atom stereocenters. The first-order valence-electron chi connectivity index (χ1n) is 16.1. The fraction of sp³-hybridized carbons (Fsp3) is 0. The van der Waals surface area contributed by atoms with Crippen molar-refractivity contribution in [1.82, 2.24) is 0 Å². The average Bonchev–Trinajstić information content (AvgIpc) is 3.16. The number of benzene rings is 8. The van der Waals surface area contributed by atoms with Crippen molar-refractivity contribution in [2.75, 3.05) is 4.90 Å². The summed E-state index contributed by atoms with van der Waals surface area (Å²) in [6.45, 7) is 0. The van der Waals surface area contributed by atoms with Gasteiger partial charge in [-0.15, -0.1) is 0 Å². The van der Waals surface area contributed by atoms with E-state index in [0.29, 0.717) is 0 Å². The fourth-order valence-electron chi connectivity index (χ4n) is 6.58. The molecule has 0 saturated carbocycles. The lowest BCUT2D eigenvalue weighted by Gasteiger charge is -2.27. The molecule has 0 aliphatic heterocycles. The number of rotatable bonds is 7. The van der Waals surface area contributed by atoms with Crippen LogP contribution in [0.15, 0.2) is 200 Å². The summed E-state index contributed by atoms with van der Waals surface area (Å²) < 4.78 is 0. The van der Waals surface area contributed by atoms with Crippen molar-refractivity contribution >= 4 is 27.8 Å². The lowest BCUT2D eigenvalue weighted by molar-refractivity contribution is 1.28. The van der Waals surface area contributed by atoms with Crippen molar-refractivity contribution in [2.45, 2.75) is 0 Å². The van der Waals surface area contributed by atoms with Gasteiger partial charge in [0.15, 0.2) is 0 Å². The van der Waals surface area contributed by atoms with E-state index in [2.05, 4.69) is 205 Å². The molecule has 1 nitrogen and oxygen atoms in total. The summed E-state index contributed by atoms with van der Waals surface area (Å²) in [4.78, 5) is 2.36. The molecule has 0 aliphatic rings. The minimum Gasteiger partial charge on any atom is -0.310 e. The highest BCUT2D eigenvalue weighted by molar-refractivity contribution is 6.04. The second kappa shape index (κ2) is 12.7. The van der Waals surface area contributed by atoms with Crippen molar-refractivity contribution in [3.63, 3.8) is 0 Å². The van der Waals surface area contributed by atoms with Crippen LogP contribution in [0.4, 0.5) is 17.1 Å². The van der Waals surface area contributed by atoms with Crippen LogP contribution in [0.25, 0.3) is 55.3 Å². The molecule has 8 aromatic rings. The maximum absolute atomic E-state index is 2.36. The number of hydrogen-bond acceptors (Lipinski definition) is 1. The number of para-hydroxylation sites is 1. The van der Waals surface area contributed by atoms with Gasteiger partial charge in [0.05, 0.1) is 0 Å². The molecule has 0 radical (unpaired) electrons. The van der Waals surface area contributed by atoms with Crippen molar-refractivity contribution < 1.29 is 0 Å². The van der Waals surface area contributed by atoms with E-state index in [-0.39, 0.29) is 0 Å². The Morgan fingerprint density at radius 3 is 1.36 bits per heavy atom. The summed E-state index contributed by atoms with van der Waals surface area (Å²) in [6, 6.07) is 71.8. The van der Waals surface area contributed by atoms with E-state index in [1.807, 2.05) is 0 Å². The molecule has 0 spiro atoms. The third-order valence-electron chi connectivity index (χ3n) is 8.83. The van der Waals surface area contributed by atoms with Crippen molar-refractivity contribution in [1.29, 1.82) is 0 Å². The van der Waals surface area contributed by atoms with Crippen LogP contribution in [0.5, 0.6) is 0 Å². The Hall–Kier alpha value is -6.18. The standard InChI is InChI=1S/C46H33N/c1-5-15-34(16-6-1)39-31-40(35-17-7-2-8-18-35)33-43(32-39)47(41-22-11-4-12-23-41)42-28-25-37(26-29-42)45-30-27-36-19-13-14-24-44(36)46(45)38-20-9-3-10-21-38/h1-33H. The largest absolute Gasteiger partial charge is 0.310 e. The van der Waals surface area contributed by atoms with Gasteiger partial charge in [0.1, 0.15) is 0 Å². The first kappa shape index (κ1) is 28.3. The Morgan fingerprint density at radius 1 is 0.277 bits per heavy atom. The van der Waals surface area contributed by atoms with Crippen LogP contribution in [0.2, 0.25) is 0 Å². The second-order valence-corrected chi connectivity index (χ2v) is 11.8. The Labute approximate surface area is 276 Å². The summed E-state index contributed by atoms with van der Waals surface area (Å²) in [5, 5.41) is 2.51. The Kier molecular flexibility index (Phi) is 7.63. The van der Waals surface area contributed by atoms with Gasteiger partial charge < -0.3 is 4.90 Å². The van der Waals surface area contributed by atoms with Gasteiger partial charge in [-0.2, -0.15) is 0 Å². The minimum atomic E-state index is 1.10. The van der Waals surface area contributed by atoms with Gasteiger partial charge in [0.2, 0.25) is 0 Å². The molecular formula is C46H33N. The van der Waals surface area contributed by atoms with Crippen molar-refractivity contribution in [2.24, 2.45) is 0 Å². The highest BCUT2D eigenvalue weighted by Crippen LogP contribution is 2.42. The number of nitrogens with zero attached hydrogens (tertiary/aromatic N) is 1. The summed E-state index contributed by atoms with van der Waals surface area (Å²) >= 11 is 0. The minimum absolute atomic E-state index is 1.10. The maximum Gasteiger partial charge on any atom is 0.0473 e. The van der Waals surface area contributed by atoms with E-state index < -0.39 is 0 Å². The molecule has 0 bridgehead atoms. The molecule has 0 aromatic heterocycles. The molecule has 0 aliphatic carbocycles. The van der Waals surface area contributed by atoms with Crippen LogP contribution in [-0.4, -0.2) is 0 Å². The topological polar surface area (TPSA) is 3.24 Å². The van der Waals surface area contributed by atoms with E-state index in [1.54, 1.807) is 0 Å². The van der Waals surface area contributed by atoms with E-state index in [0.717, 1.165) is 17.1 Å². The molecular weight excluding hydrogens is 567 g/mol. The lowest BCUT2D eigenvalue weighted by atomic mass is 9.90. The predicted molar refractivity (Wildman–Crippen MR) is 200 cm³/mol. The van der Waals surface area contributed by atoms with E-state index in [4.69, 9.17) is 0 Å². The summed E-state index contributed by atoms with van der Waals surface area (Å²) in [7, 11) is 0. The fourth-order valence-corrected chi connectivity index (χ4v) is 6.58. The summed E-state index contributed by atoms with van der Waals surface area (Å²) in [6.07, 6.45) is 0. The highest BCUT2D eigenvalue weighted by Gasteiger charge is 2.17. The van der Waals surface area contributed by atoms with Crippen molar-refractivity contribution in [3.8, 4) is 44.5 Å². The Morgan fingerprint density at radius 2 is 0.766 bits per heavy atom. The molecule has 0 atom stereocenters. The molecule has 0 saturated heterocycles. The smallest absolute Gasteiger partial charge is 0.0473 e. The SMILES string of the molecule is c1ccc(-c2cc(-c3ccccc3)cc(N(c3ccccc3)c3ccc(-c4ccc5ccccc5c4-c4ccccc4)cc3)c2)cc1. The Balaban J connectivity index is 1.28. The normalized spacial score (nSPS) is 11.0. The molecule has 8 aromatic carbocycles. The number of fused-ring (bicyclic) bond motifs is 1. The summed E-state index contributed by atoms with van der Waals surface area (Å²) in [5.41, 5.74) is 13.0. The third kappa shape index (κ3) is 5.72. The van der Waals surface area contributed by atoms with Gasteiger partial charge in [-0.05, 0) is 97.7 Å². The molecule has 222 valence electrons. The second-order valence-electron chi connectivity index (χ2n) is 11.8. The molecule has 1 heteroatoms. The first-order chi connectivity index (χ1) is 23.3. The van der Waals surface area contributed by atoms with Crippen molar-refractivity contribution in [3.05, 3.63) is 200 Å². The highest BCUT2D eigenvalue weighted by atomic mass is 15.1. The molecule has 0 fully saturated rings. The van der Waals surface area contributed by atoms with Gasteiger partial charge in [-0.25, -0.2) is 0 Å². The Bertz CT molecular complexity index is 2200. The zero-order valence-electron chi connectivity index (χ0n) is 26.0. The molecule has 0 heterocycles. The van der Waals surface area contributed by atoms with Crippen LogP contribution in [-0.2, 0) is 0 Å². The molecule has 8 rings (SSSR count). The van der Waals surface area contributed by atoms with Gasteiger partial charge in [-0.3, -0.25) is 0 Å². The maximum atomic E-state index is 2.36. The van der Waals surface area contributed by atoms with Gasteiger partial charge in [-0.1, -0.05) is 158 Å². The van der Waals surface area contributed by atoms with Crippen LogP contribution < -0.4 is 4.90 Å². The van der Waals surface area contributed by atoms with E-state index >= 15 is 0 Å². The van der Waals surface area contributed by atoms with Gasteiger partial charge in [0.25, 0.3) is 0 Å². The molecule has 47 heavy (non-hydrogen) atoms. The van der Waals surface area contributed by atoms with Gasteiger partial charge >= 0.3 is 0 Å². The zero-order valence-corrected chi connectivity index (χ0v) is 26.0. The van der Waals surface area contributed by atoms with Crippen LogP contribution >= 0.6 is 0 Å². The lowest BCUT2D eigenvalue weighted by Crippen LogP contribution is -2.10. The predicted octanol–water partition coefficient (Wildman–Crippen LogP) is 13.0. The van der Waals surface area contributed by atoms with Crippen LogP contribution in [0, 0.1) is 0 Å². The third-order valence-corrected chi connectivity index (χ3v) is 8.83. The van der Waals surface area contributed by atoms with Crippen LogP contribution in [0.3, 0.4) is 0 Å². The number of anilines is 3. The quantitative estimate of drug-likeness (QED) is 0.176. The number of hydrogen-bond donors (Lipinski definition) is 0. The first-order valence-corrected chi connectivity index (χ1v) is 16.1. The summed E-state index contributed by atoms with van der Waals surface area (Å²) in [5.74, 6) is 0. The molecule has 0 N–H and O–H groups in total.